The summed E-state index contributed by atoms with van der Waals surface area (Å²) in [7, 11) is 0. The predicted molar refractivity (Wildman–Crippen MR) is 136 cm³/mol. The maximum Gasteiger partial charge on any atom is 0.235 e. The van der Waals surface area contributed by atoms with Crippen molar-refractivity contribution >= 4 is 28.3 Å². The molecule has 1 aromatic heterocycles. The van der Waals surface area contributed by atoms with Gasteiger partial charge in [0.2, 0.25) is 12.7 Å². The number of carbonyl (C=O) groups is 1. The van der Waals surface area contributed by atoms with Crippen LogP contribution in [0.3, 0.4) is 0 Å². The van der Waals surface area contributed by atoms with Gasteiger partial charge in [-0.25, -0.2) is 4.39 Å². The number of nitrogens with two attached hydrogens (primary N) is 1. The first-order chi connectivity index (χ1) is 17.1. The molecule has 0 bridgehead atoms. The van der Waals surface area contributed by atoms with Crippen molar-refractivity contribution in [3.05, 3.63) is 53.5 Å². The van der Waals surface area contributed by atoms with Crippen LogP contribution in [0.25, 0.3) is 10.9 Å². The molecule has 5 rings (SSSR count). The lowest BCUT2D eigenvalue weighted by Gasteiger charge is -2.22. The second kappa shape index (κ2) is 8.79. The van der Waals surface area contributed by atoms with Gasteiger partial charge in [0.05, 0.1) is 16.6 Å². The molecule has 0 saturated heterocycles. The summed E-state index contributed by atoms with van der Waals surface area (Å²) < 4.78 is 28.2. The van der Waals surface area contributed by atoms with Crippen molar-refractivity contribution in [1.29, 1.82) is 5.41 Å². The first-order valence-corrected chi connectivity index (χ1v) is 12.0. The van der Waals surface area contributed by atoms with Crippen LogP contribution in [0, 0.1) is 11.2 Å². The smallest absolute Gasteiger partial charge is 0.235 e. The molecule has 36 heavy (non-hydrogen) atoms. The Morgan fingerprint density at radius 1 is 1.17 bits per heavy atom. The van der Waals surface area contributed by atoms with Crippen LogP contribution in [-0.2, 0) is 22.2 Å². The average Bonchev–Trinajstić information content (AvgIpc) is 3.37. The van der Waals surface area contributed by atoms with E-state index < -0.39 is 11.2 Å². The number of aromatic nitrogens is 1. The maximum absolute atomic E-state index is 15.3. The van der Waals surface area contributed by atoms with Crippen LogP contribution in [0.1, 0.15) is 51.3 Å². The molecule has 1 amide bonds. The van der Waals surface area contributed by atoms with Crippen LogP contribution in [0.4, 0.5) is 10.1 Å². The summed E-state index contributed by atoms with van der Waals surface area (Å²) >= 11 is 0. The molecule has 0 spiro atoms. The highest BCUT2D eigenvalue weighted by molar-refractivity contribution is 6.03. The van der Waals surface area contributed by atoms with Gasteiger partial charge in [-0.2, -0.15) is 5.53 Å². The molecule has 2 heterocycles. The van der Waals surface area contributed by atoms with Crippen LogP contribution in [0.2, 0.25) is 0 Å². The van der Waals surface area contributed by atoms with E-state index in [4.69, 9.17) is 20.7 Å². The van der Waals surface area contributed by atoms with E-state index in [2.05, 4.69) is 37.0 Å². The molecule has 6 N–H and O–H groups in total. The Kier molecular flexibility index (Phi) is 5.88. The highest BCUT2D eigenvalue weighted by Crippen LogP contribution is 2.51. The minimum absolute atomic E-state index is 0.152. The number of amidine groups is 1. The van der Waals surface area contributed by atoms with E-state index in [0.717, 1.165) is 16.6 Å². The normalized spacial score (nSPS) is 15.7. The van der Waals surface area contributed by atoms with Crippen LogP contribution in [-0.4, -0.2) is 23.1 Å². The lowest BCUT2D eigenvalue weighted by molar-refractivity contribution is -0.118. The zero-order valence-electron chi connectivity index (χ0n) is 20.6. The Labute approximate surface area is 208 Å². The number of halogens is 1. The number of carbonyl (C=O) groups excluding carboxylic acids is 1. The minimum atomic E-state index is -0.699. The van der Waals surface area contributed by atoms with E-state index in [1.54, 1.807) is 6.07 Å². The Bertz CT molecular complexity index is 1360. The van der Waals surface area contributed by atoms with Crippen molar-refractivity contribution in [3.8, 4) is 11.5 Å². The van der Waals surface area contributed by atoms with Crippen LogP contribution >= 0.6 is 0 Å². The lowest BCUT2D eigenvalue weighted by Crippen LogP contribution is -2.42. The van der Waals surface area contributed by atoms with Gasteiger partial charge in [-0.1, -0.05) is 26.8 Å². The summed E-state index contributed by atoms with van der Waals surface area (Å²) in [5.41, 5.74) is 6.62. The van der Waals surface area contributed by atoms with Gasteiger partial charge >= 0.3 is 0 Å². The molecule has 1 aliphatic heterocycles. The molecular formula is C26H31FN6O3. The number of benzene rings is 2. The molecule has 0 radical (unpaired) electrons. The predicted octanol–water partition coefficient (Wildman–Crippen LogP) is 3.81. The van der Waals surface area contributed by atoms with Crippen molar-refractivity contribution < 1.29 is 18.7 Å². The van der Waals surface area contributed by atoms with Gasteiger partial charge in [0.25, 0.3) is 0 Å². The van der Waals surface area contributed by atoms with Gasteiger partial charge < -0.3 is 19.4 Å². The molecule has 1 saturated carbocycles. The van der Waals surface area contributed by atoms with E-state index in [-0.39, 0.29) is 29.6 Å². The second-order valence-electron chi connectivity index (χ2n) is 10.4. The number of ether oxygens (including phenoxy) is 2. The van der Waals surface area contributed by atoms with E-state index in [1.807, 2.05) is 28.8 Å². The number of hydrogen-bond acceptors (Lipinski definition) is 6. The van der Waals surface area contributed by atoms with Gasteiger partial charge in [0.1, 0.15) is 11.7 Å². The molecule has 9 nitrogen and oxygen atoms in total. The number of anilines is 1. The summed E-state index contributed by atoms with van der Waals surface area (Å²) in [5.74, 6) is 6.01. The van der Waals surface area contributed by atoms with Gasteiger partial charge in [-0.15, -0.1) is 0 Å². The third-order valence-corrected chi connectivity index (χ3v) is 6.93. The summed E-state index contributed by atoms with van der Waals surface area (Å²) in [5, 5.41) is 11.6. The zero-order chi connectivity index (χ0) is 25.7. The summed E-state index contributed by atoms with van der Waals surface area (Å²) in [4.78, 5) is 13.4. The molecule has 10 heteroatoms. The fourth-order valence-electron chi connectivity index (χ4n) is 4.82. The molecule has 0 unspecified atom stereocenters. The standard InChI is InChI=1S/C26H31FN6O3/c1-25(2,3)22-11-15-10-18(17(27)13-19(15)33(22)9-6-23(28)31-32-29)30-24(34)26(7-8-26)16-4-5-20-21(12-16)36-14-35-20/h4-5,10-13,32H,6-9,14,29H2,1-3H3,(H2,28,31)(H,30,34). The Morgan fingerprint density at radius 3 is 2.61 bits per heavy atom. The lowest BCUT2D eigenvalue weighted by atomic mass is 9.92. The Morgan fingerprint density at radius 2 is 1.92 bits per heavy atom. The molecule has 1 aliphatic carbocycles. The zero-order valence-corrected chi connectivity index (χ0v) is 20.6. The molecule has 0 atom stereocenters. The van der Waals surface area contributed by atoms with Gasteiger partial charge in [0, 0.05) is 35.5 Å². The first-order valence-electron chi connectivity index (χ1n) is 12.0. The molecule has 2 aliphatic rings. The fraction of sp³-hybridized carbons (Fsp3) is 0.385. The third-order valence-electron chi connectivity index (χ3n) is 6.93. The van der Waals surface area contributed by atoms with Crippen molar-refractivity contribution in [2.75, 3.05) is 12.1 Å². The highest BCUT2D eigenvalue weighted by Gasteiger charge is 2.52. The number of hydrogen-bond donors (Lipinski definition) is 5. The number of rotatable bonds is 7. The number of aryl methyl sites for hydroxylation is 1. The van der Waals surface area contributed by atoms with Crippen molar-refractivity contribution in [2.45, 2.75) is 57.4 Å². The molecule has 1 fully saturated rings. The quantitative estimate of drug-likeness (QED) is 0.147. The summed E-state index contributed by atoms with van der Waals surface area (Å²) in [6.07, 6.45) is 1.75. The minimum Gasteiger partial charge on any atom is -0.454 e. The SMILES string of the molecule is CC(C)(C)c1cc2cc(NC(=O)C3(c4ccc5c(c4)OCO5)CC3)c(F)cc2n1CCC(=N)NNN. The topological polar surface area (TPSA) is 126 Å². The molecule has 2 aromatic carbocycles. The van der Waals surface area contributed by atoms with E-state index in [9.17, 15) is 4.79 Å². The van der Waals surface area contributed by atoms with Gasteiger partial charge in [0.15, 0.2) is 11.5 Å². The first kappa shape index (κ1) is 24.1. The van der Waals surface area contributed by atoms with Crippen LogP contribution in [0.15, 0.2) is 36.4 Å². The number of nitrogens with one attached hydrogen (secondary N) is 4. The summed E-state index contributed by atoms with van der Waals surface area (Å²) in [6.45, 7) is 6.90. The van der Waals surface area contributed by atoms with E-state index in [1.165, 1.54) is 6.07 Å². The largest absolute Gasteiger partial charge is 0.454 e. The van der Waals surface area contributed by atoms with Crippen molar-refractivity contribution in [3.63, 3.8) is 0 Å². The Balaban J connectivity index is 1.44. The number of nitrogens with zero attached hydrogens (tertiary/aromatic N) is 1. The number of fused-ring (bicyclic) bond motifs is 2. The average molecular weight is 495 g/mol. The third kappa shape index (κ3) is 4.27. The van der Waals surface area contributed by atoms with Gasteiger partial charge in [-0.05, 0) is 42.7 Å². The maximum atomic E-state index is 15.3. The summed E-state index contributed by atoms with van der Waals surface area (Å²) in [6, 6.07) is 10.7. The van der Waals surface area contributed by atoms with Crippen LogP contribution < -0.4 is 31.6 Å². The van der Waals surface area contributed by atoms with E-state index >= 15 is 4.39 Å². The van der Waals surface area contributed by atoms with Crippen LogP contribution in [0.5, 0.6) is 11.5 Å². The Hall–Kier alpha value is -3.63. The van der Waals surface area contributed by atoms with Gasteiger partial charge in [-0.3, -0.25) is 21.5 Å². The van der Waals surface area contributed by atoms with Crippen molar-refractivity contribution in [2.24, 2.45) is 5.84 Å². The fourth-order valence-corrected chi connectivity index (χ4v) is 4.82. The monoisotopic (exact) mass is 494 g/mol. The van der Waals surface area contributed by atoms with E-state index in [0.29, 0.717) is 42.8 Å². The highest BCUT2D eigenvalue weighted by atomic mass is 19.1. The number of hydrazine groups is 2. The molecule has 190 valence electrons. The molecule has 3 aromatic rings. The van der Waals surface area contributed by atoms with Crippen molar-refractivity contribution in [1.82, 2.24) is 15.5 Å². The number of amides is 1. The molecular weight excluding hydrogens is 463 g/mol. The second-order valence-corrected chi connectivity index (χ2v) is 10.4.